The molecule has 35 heavy (non-hydrogen) atoms. The van der Waals surface area contributed by atoms with Crippen LogP contribution in [0.2, 0.25) is 5.02 Å². The third kappa shape index (κ3) is 6.97. The van der Waals surface area contributed by atoms with Crippen molar-refractivity contribution in [1.82, 2.24) is 5.32 Å². The number of aliphatic carboxylic acids is 1. The number of rotatable bonds is 9. The second-order valence-electron chi connectivity index (χ2n) is 9.74. The van der Waals surface area contributed by atoms with Crippen LogP contribution in [-0.4, -0.2) is 40.8 Å². The standard InChI is InChI=1S/C27H34ClNO6/c1-16(2)19-11-17(3)26(21(12-19)34-15-25(32)33)23-14-27(4,29-24(31)9-10-30)13-22(35-23)18-5-7-20(28)8-6-18/h5-8,11-12,16,22-23,30H,9-10,13-15H2,1-4H3,(H,29,31)(H,32,33)/t22-,23+,27+/m0/s1. The van der Waals surface area contributed by atoms with Gasteiger partial charge in [0.05, 0.1) is 18.8 Å². The van der Waals surface area contributed by atoms with Gasteiger partial charge in [0.25, 0.3) is 0 Å². The molecule has 1 aliphatic heterocycles. The molecule has 3 N–H and O–H groups in total. The maximum atomic E-state index is 12.5. The zero-order valence-corrected chi connectivity index (χ0v) is 21.4. The number of hydrogen-bond donors (Lipinski definition) is 3. The molecule has 8 heteroatoms. The molecule has 7 nitrogen and oxygen atoms in total. The van der Waals surface area contributed by atoms with Crippen molar-refractivity contribution in [3.05, 3.63) is 63.7 Å². The first-order valence-electron chi connectivity index (χ1n) is 11.8. The van der Waals surface area contributed by atoms with E-state index in [1.54, 1.807) is 12.1 Å². The Bertz CT molecular complexity index is 1050. The normalized spacial score (nSPS) is 22.1. The summed E-state index contributed by atoms with van der Waals surface area (Å²) in [5.41, 5.74) is 3.04. The zero-order chi connectivity index (χ0) is 25.8. The number of nitrogens with one attached hydrogen (secondary N) is 1. The number of carbonyl (C=O) groups is 2. The molecular weight excluding hydrogens is 470 g/mol. The van der Waals surface area contributed by atoms with Gasteiger partial charge in [0.15, 0.2) is 6.61 Å². The summed E-state index contributed by atoms with van der Waals surface area (Å²) in [6.45, 7) is 7.37. The Morgan fingerprint density at radius 1 is 1.20 bits per heavy atom. The summed E-state index contributed by atoms with van der Waals surface area (Å²) >= 11 is 6.09. The van der Waals surface area contributed by atoms with Crippen LogP contribution in [0.15, 0.2) is 36.4 Å². The van der Waals surface area contributed by atoms with Crippen LogP contribution >= 0.6 is 11.6 Å². The average Bonchev–Trinajstić information content (AvgIpc) is 2.77. The molecule has 3 rings (SSSR count). The lowest BCUT2D eigenvalue weighted by Crippen LogP contribution is -2.51. The smallest absolute Gasteiger partial charge is 0.341 e. The molecule has 0 bridgehead atoms. The highest BCUT2D eigenvalue weighted by atomic mass is 35.5. The summed E-state index contributed by atoms with van der Waals surface area (Å²) in [7, 11) is 0. The van der Waals surface area contributed by atoms with E-state index in [0.29, 0.717) is 23.6 Å². The highest BCUT2D eigenvalue weighted by Crippen LogP contribution is 2.47. The topological polar surface area (TPSA) is 105 Å². The molecule has 1 heterocycles. The largest absolute Gasteiger partial charge is 0.482 e. The first-order chi connectivity index (χ1) is 16.5. The Morgan fingerprint density at radius 2 is 1.86 bits per heavy atom. The van der Waals surface area contributed by atoms with E-state index in [4.69, 9.17) is 21.1 Å². The van der Waals surface area contributed by atoms with Gasteiger partial charge in [-0.05, 0) is 54.7 Å². The van der Waals surface area contributed by atoms with E-state index in [9.17, 15) is 19.8 Å². The maximum absolute atomic E-state index is 12.5. The van der Waals surface area contributed by atoms with Gasteiger partial charge in [0.1, 0.15) is 5.75 Å². The molecule has 0 unspecified atom stereocenters. The fourth-order valence-electron chi connectivity index (χ4n) is 4.64. The Morgan fingerprint density at radius 3 is 2.46 bits per heavy atom. The molecule has 1 amide bonds. The van der Waals surface area contributed by atoms with Crippen LogP contribution < -0.4 is 10.1 Å². The van der Waals surface area contributed by atoms with Gasteiger partial charge in [-0.15, -0.1) is 0 Å². The molecule has 190 valence electrons. The summed E-state index contributed by atoms with van der Waals surface area (Å²) in [5, 5.41) is 22.2. The number of ether oxygens (including phenoxy) is 2. The van der Waals surface area contributed by atoms with E-state index in [2.05, 4.69) is 25.2 Å². The van der Waals surface area contributed by atoms with Crippen LogP contribution in [0, 0.1) is 6.92 Å². The van der Waals surface area contributed by atoms with Gasteiger partial charge in [0, 0.05) is 35.4 Å². The number of amides is 1. The predicted octanol–water partition coefficient (Wildman–Crippen LogP) is 5.09. The van der Waals surface area contributed by atoms with Crippen molar-refractivity contribution in [3.8, 4) is 5.75 Å². The van der Waals surface area contributed by atoms with Crippen LogP contribution in [0.5, 0.6) is 5.75 Å². The number of carboxylic acids is 1. The monoisotopic (exact) mass is 503 g/mol. The first-order valence-corrected chi connectivity index (χ1v) is 12.2. The number of aryl methyl sites for hydroxylation is 1. The molecule has 0 aromatic heterocycles. The molecule has 1 fully saturated rings. The summed E-state index contributed by atoms with van der Waals surface area (Å²) in [5.74, 6) is -0.595. The van der Waals surface area contributed by atoms with Crippen molar-refractivity contribution in [2.24, 2.45) is 0 Å². The van der Waals surface area contributed by atoms with Crippen molar-refractivity contribution in [3.63, 3.8) is 0 Å². The van der Waals surface area contributed by atoms with E-state index in [1.165, 1.54) is 0 Å². The molecule has 0 aliphatic carbocycles. The minimum absolute atomic E-state index is 0.0157. The van der Waals surface area contributed by atoms with Gasteiger partial charge in [-0.1, -0.05) is 43.6 Å². The molecule has 0 spiro atoms. The van der Waals surface area contributed by atoms with Gasteiger partial charge in [-0.2, -0.15) is 0 Å². The molecule has 1 aliphatic rings. The van der Waals surface area contributed by atoms with Gasteiger partial charge in [-0.25, -0.2) is 4.79 Å². The number of aliphatic hydroxyl groups excluding tert-OH is 1. The Kier molecular flexibility index (Phi) is 8.80. The van der Waals surface area contributed by atoms with Gasteiger partial charge in [-0.3, -0.25) is 4.79 Å². The van der Waals surface area contributed by atoms with Crippen LogP contribution in [0.3, 0.4) is 0 Å². The molecule has 2 aromatic rings. The molecule has 0 saturated carbocycles. The van der Waals surface area contributed by atoms with Gasteiger partial charge >= 0.3 is 5.97 Å². The van der Waals surface area contributed by atoms with Crippen LogP contribution in [0.4, 0.5) is 0 Å². The average molecular weight is 504 g/mol. The van der Waals surface area contributed by atoms with E-state index in [0.717, 1.165) is 22.3 Å². The van der Waals surface area contributed by atoms with Crippen LogP contribution in [-0.2, 0) is 14.3 Å². The molecule has 1 saturated heterocycles. The molecule has 3 atom stereocenters. The van der Waals surface area contributed by atoms with Crippen molar-refractivity contribution in [2.45, 2.75) is 70.6 Å². The minimum Gasteiger partial charge on any atom is -0.482 e. The Balaban J connectivity index is 2.05. The molecular formula is C27H34ClNO6. The fourth-order valence-corrected chi connectivity index (χ4v) is 4.77. The first kappa shape index (κ1) is 27.0. The predicted molar refractivity (Wildman–Crippen MR) is 134 cm³/mol. The van der Waals surface area contributed by atoms with Crippen molar-refractivity contribution in [2.75, 3.05) is 13.2 Å². The Hall–Kier alpha value is -2.61. The maximum Gasteiger partial charge on any atom is 0.341 e. The lowest BCUT2D eigenvalue weighted by Gasteiger charge is -2.44. The number of carboxylic acid groups (broad SMARTS) is 1. The van der Waals surface area contributed by atoms with Crippen LogP contribution in [0.25, 0.3) is 0 Å². The lowest BCUT2D eigenvalue weighted by molar-refractivity contribution is -0.139. The van der Waals surface area contributed by atoms with E-state index in [1.807, 2.05) is 32.0 Å². The molecule has 0 radical (unpaired) electrons. The number of halogens is 1. The quantitative estimate of drug-likeness (QED) is 0.440. The second kappa shape index (κ2) is 11.4. The SMILES string of the molecule is Cc1cc(C(C)C)cc(OCC(=O)O)c1[C@H]1C[C@](C)(NC(=O)CCO)C[C@@H](c2ccc(Cl)cc2)O1. The second-order valence-corrected chi connectivity index (χ2v) is 10.2. The number of hydrogen-bond acceptors (Lipinski definition) is 5. The third-order valence-corrected chi connectivity index (χ3v) is 6.59. The fraction of sp³-hybridized carbons (Fsp3) is 0.481. The van der Waals surface area contributed by atoms with Crippen molar-refractivity contribution in [1.29, 1.82) is 0 Å². The number of aliphatic hydroxyl groups is 1. The summed E-state index contributed by atoms with van der Waals surface area (Å²) in [4.78, 5) is 23.7. The summed E-state index contributed by atoms with van der Waals surface area (Å²) in [6, 6.07) is 11.4. The highest BCUT2D eigenvalue weighted by Gasteiger charge is 2.41. The number of benzene rings is 2. The number of carbonyl (C=O) groups excluding carboxylic acids is 1. The van der Waals surface area contributed by atoms with E-state index in [-0.39, 0.29) is 31.0 Å². The van der Waals surface area contributed by atoms with Gasteiger partial charge in [0.2, 0.25) is 5.91 Å². The minimum atomic E-state index is -1.06. The van der Waals surface area contributed by atoms with Crippen molar-refractivity contribution < 1.29 is 29.3 Å². The van der Waals surface area contributed by atoms with E-state index < -0.39 is 24.2 Å². The van der Waals surface area contributed by atoms with Crippen molar-refractivity contribution >= 4 is 23.5 Å². The lowest BCUT2D eigenvalue weighted by atomic mass is 9.80. The Labute approximate surface area is 211 Å². The van der Waals surface area contributed by atoms with E-state index >= 15 is 0 Å². The summed E-state index contributed by atoms with van der Waals surface area (Å²) < 4.78 is 12.3. The summed E-state index contributed by atoms with van der Waals surface area (Å²) in [6.07, 6.45) is 0.189. The van der Waals surface area contributed by atoms with Gasteiger partial charge < -0.3 is 25.0 Å². The third-order valence-electron chi connectivity index (χ3n) is 6.33. The highest BCUT2D eigenvalue weighted by molar-refractivity contribution is 6.30. The molecule has 2 aromatic carbocycles. The zero-order valence-electron chi connectivity index (χ0n) is 20.6. The van der Waals surface area contributed by atoms with Crippen LogP contribution in [0.1, 0.15) is 80.4 Å².